The maximum absolute atomic E-state index is 5.74. The second-order valence-electron chi connectivity index (χ2n) is 3.65. The third-order valence-corrected chi connectivity index (χ3v) is 2.51. The molecule has 70 valence electrons. The first-order chi connectivity index (χ1) is 6.25. The molecule has 2 nitrogen and oxygen atoms in total. The lowest BCUT2D eigenvalue weighted by molar-refractivity contribution is -0.0351. The molecule has 13 heavy (non-hydrogen) atoms. The predicted octanol–water partition coefficient (Wildman–Crippen LogP) is 2.04. The lowest BCUT2D eigenvalue weighted by atomic mass is 10.2. The summed E-state index contributed by atoms with van der Waals surface area (Å²) in [5.41, 5.74) is 1.27. The van der Waals surface area contributed by atoms with Crippen molar-refractivity contribution in [1.29, 1.82) is 0 Å². The van der Waals surface area contributed by atoms with Crippen molar-refractivity contribution >= 4 is 0 Å². The minimum Gasteiger partial charge on any atom is -0.475 e. The molecule has 0 bridgehead atoms. The zero-order valence-electron chi connectivity index (χ0n) is 8.16. The number of ether oxygens (including phenoxy) is 1. The Morgan fingerprint density at radius 2 is 2.00 bits per heavy atom. The Hall–Kier alpha value is -1.02. The summed E-state index contributed by atoms with van der Waals surface area (Å²) in [6.45, 7) is 3.23. The van der Waals surface area contributed by atoms with Gasteiger partial charge in [0.25, 0.3) is 0 Å². The van der Waals surface area contributed by atoms with Crippen LogP contribution in [-0.2, 0) is 0 Å². The third-order valence-electron chi connectivity index (χ3n) is 2.51. The molecule has 0 N–H and O–H groups in total. The van der Waals surface area contributed by atoms with Gasteiger partial charge in [-0.3, -0.25) is 4.90 Å². The Morgan fingerprint density at radius 1 is 1.31 bits per heavy atom. The quantitative estimate of drug-likeness (QED) is 0.685. The highest BCUT2D eigenvalue weighted by molar-refractivity contribution is 5.26. The van der Waals surface area contributed by atoms with Gasteiger partial charge >= 0.3 is 0 Å². The molecule has 1 saturated heterocycles. The van der Waals surface area contributed by atoms with Gasteiger partial charge in [0.15, 0.2) is 6.23 Å². The predicted molar refractivity (Wildman–Crippen MR) is 52.8 cm³/mol. The van der Waals surface area contributed by atoms with Crippen LogP contribution in [0, 0.1) is 6.92 Å². The molecule has 0 spiro atoms. The van der Waals surface area contributed by atoms with Gasteiger partial charge in [-0.25, -0.2) is 0 Å². The molecule has 0 aromatic heterocycles. The van der Waals surface area contributed by atoms with Crippen molar-refractivity contribution in [1.82, 2.24) is 4.90 Å². The average molecular weight is 177 g/mol. The van der Waals surface area contributed by atoms with E-state index in [4.69, 9.17) is 4.74 Å². The summed E-state index contributed by atoms with van der Waals surface area (Å²) in [6.07, 6.45) is 1.44. The first kappa shape index (κ1) is 8.57. The van der Waals surface area contributed by atoms with Gasteiger partial charge in [0, 0.05) is 13.0 Å². The van der Waals surface area contributed by atoms with Crippen molar-refractivity contribution in [3.05, 3.63) is 29.8 Å². The highest BCUT2D eigenvalue weighted by atomic mass is 16.5. The van der Waals surface area contributed by atoms with Crippen molar-refractivity contribution in [3.63, 3.8) is 0 Å². The molecule has 1 aromatic rings. The monoisotopic (exact) mass is 177 g/mol. The van der Waals surface area contributed by atoms with Crippen molar-refractivity contribution in [2.24, 2.45) is 0 Å². The summed E-state index contributed by atoms with van der Waals surface area (Å²) in [5.74, 6) is 0.974. The first-order valence-corrected chi connectivity index (χ1v) is 4.69. The molecule has 0 radical (unpaired) electrons. The largest absolute Gasteiger partial charge is 0.475 e. The maximum Gasteiger partial charge on any atom is 0.153 e. The van der Waals surface area contributed by atoms with Crippen molar-refractivity contribution in [2.75, 3.05) is 13.6 Å². The fraction of sp³-hybridized carbons (Fsp3) is 0.455. The summed E-state index contributed by atoms with van der Waals surface area (Å²) >= 11 is 0. The summed E-state index contributed by atoms with van der Waals surface area (Å²) in [6, 6.07) is 8.21. The first-order valence-electron chi connectivity index (χ1n) is 4.69. The Kier molecular flexibility index (Phi) is 2.23. The second-order valence-corrected chi connectivity index (χ2v) is 3.65. The fourth-order valence-corrected chi connectivity index (χ4v) is 1.42. The van der Waals surface area contributed by atoms with Crippen LogP contribution in [0.5, 0.6) is 5.75 Å². The molecule has 0 aliphatic carbocycles. The van der Waals surface area contributed by atoms with Crippen LogP contribution in [0.15, 0.2) is 24.3 Å². The highest BCUT2D eigenvalue weighted by Crippen LogP contribution is 2.20. The topological polar surface area (TPSA) is 12.5 Å². The fourth-order valence-electron chi connectivity index (χ4n) is 1.42. The van der Waals surface area contributed by atoms with E-state index in [9.17, 15) is 0 Å². The molecular formula is C11H15NO. The SMILES string of the molecule is Cc1ccc(OC2CCN2C)cc1. The van der Waals surface area contributed by atoms with Crippen LogP contribution in [0.25, 0.3) is 0 Å². The van der Waals surface area contributed by atoms with Gasteiger partial charge in [-0.2, -0.15) is 0 Å². The van der Waals surface area contributed by atoms with Gasteiger partial charge in [0.1, 0.15) is 5.75 Å². The van der Waals surface area contributed by atoms with Crippen LogP contribution in [0.2, 0.25) is 0 Å². The van der Waals surface area contributed by atoms with Crippen molar-refractivity contribution in [3.8, 4) is 5.75 Å². The molecule has 1 fully saturated rings. The number of likely N-dealkylation sites (tertiary alicyclic amines) is 1. The van der Waals surface area contributed by atoms with E-state index in [1.807, 2.05) is 12.1 Å². The third kappa shape index (κ3) is 1.83. The molecule has 2 heteroatoms. The van der Waals surface area contributed by atoms with Crippen molar-refractivity contribution in [2.45, 2.75) is 19.6 Å². The zero-order chi connectivity index (χ0) is 9.26. The Labute approximate surface area is 79.1 Å². The Morgan fingerprint density at radius 3 is 2.46 bits per heavy atom. The Bertz CT molecular complexity index is 281. The van der Waals surface area contributed by atoms with Gasteiger partial charge in [-0.1, -0.05) is 17.7 Å². The summed E-state index contributed by atoms with van der Waals surface area (Å²) in [5, 5.41) is 0. The normalized spacial score (nSPS) is 22.5. The summed E-state index contributed by atoms with van der Waals surface area (Å²) in [7, 11) is 2.09. The molecular weight excluding hydrogens is 162 g/mol. The lowest BCUT2D eigenvalue weighted by Crippen LogP contribution is -2.48. The van der Waals surface area contributed by atoms with E-state index in [-0.39, 0.29) is 0 Å². The van der Waals surface area contributed by atoms with Gasteiger partial charge < -0.3 is 4.74 Å². The molecule has 1 aliphatic rings. The summed E-state index contributed by atoms with van der Waals surface area (Å²) in [4.78, 5) is 2.21. The molecule has 1 heterocycles. The van der Waals surface area contributed by atoms with Crippen LogP contribution >= 0.6 is 0 Å². The lowest BCUT2D eigenvalue weighted by Gasteiger charge is -2.37. The Balaban J connectivity index is 1.98. The minimum atomic E-state index is 0.294. The molecule has 1 unspecified atom stereocenters. The molecule has 0 amide bonds. The van der Waals surface area contributed by atoms with Gasteiger partial charge in [-0.15, -0.1) is 0 Å². The molecule has 1 atom stereocenters. The molecule has 1 aliphatic heterocycles. The highest BCUT2D eigenvalue weighted by Gasteiger charge is 2.25. The van der Waals surface area contributed by atoms with E-state index in [1.54, 1.807) is 0 Å². The number of nitrogens with zero attached hydrogens (tertiary/aromatic N) is 1. The van der Waals surface area contributed by atoms with E-state index in [0.717, 1.165) is 18.7 Å². The van der Waals surface area contributed by atoms with E-state index in [0.29, 0.717) is 6.23 Å². The van der Waals surface area contributed by atoms with Gasteiger partial charge in [0.2, 0.25) is 0 Å². The number of hydrogen-bond donors (Lipinski definition) is 0. The number of rotatable bonds is 2. The standard InChI is InChI=1S/C11H15NO/c1-9-3-5-10(6-4-9)13-11-7-8-12(11)2/h3-6,11H,7-8H2,1-2H3. The van der Waals surface area contributed by atoms with Gasteiger partial charge in [-0.05, 0) is 26.1 Å². The van der Waals surface area contributed by atoms with Crippen LogP contribution in [0.1, 0.15) is 12.0 Å². The molecule has 1 aromatic carbocycles. The molecule has 2 rings (SSSR count). The maximum atomic E-state index is 5.74. The summed E-state index contributed by atoms with van der Waals surface area (Å²) < 4.78 is 5.74. The second kappa shape index (κ2) is 3.38. The number of aryl methyl sites for hydroxylation is 1. The van der Waals surface area contributed by atoms with E-state index >= 15 is 0 Å². The van der Waals surface area contributed by atoms with Crippen LogP contribution < -0.4 is 4.74 Å². The van der Waals surface area contributed by atoms with Gasteiger partial charge in [0.05, 0.1) is 0 Å². The van der Waals surface area contributed by atoms with Crippen LogP contribution in [0.3, 0.4) is 0 Å². The van der Waals surface area contributed by atoms with Crippen LogP contribution in [-0.4, -0.2) is 24.7 Å². The zero-order valence-corrected chi connectivity index (χ0v) is 8.16. The molecule has 0 saturated carbocycles. The smallest absolute Gasteiger partial charge is 0.153 e. The van der Waals surface area contributed by atoms with Crippen LogP contribution in [0.4, 0.5) is 0 Å². The number of hydrogen-bond acceptors (Lipinski definition) is 2. The van der Waals surface area contributed by atoms with E-state index in [2.05, 4.69) is 31.0 Å². The van der Waals surface area contributed by atoms with E-state index in [1.165, 1.54) is 5.56 Å². The minimum absolute atomic E-state index is 0.294. The van der Waals surface area contributed by atoms with E-state index < -0.39 is 0 Å². The average Bonchev–Trinajstić information content (AvgIpc) is 2.15. The number of benzene rings is 1. The van der Waals surface area contributed by atoms with Crippen molar-refractivity contribution < 1.29 is 4.74 Å².